The van der Waals surface area contributed by atoms with Crippen molar-refractivity contribution in [1.29, 1.82) is 0 Å². The Labute approximate surface area is 215 Å². The summed E-state index contributed by atoms with van der Waals surface area (Å²) in [4.78, 5) is 6.89. The largest absolute Gasteiger partial charge is 0.360 e. The number of rotatable bonds is 3. The summed E-state index contributed by atoms with van der Waals surface area (Å²) in [6.45, 7) is 0. The van der Waals surface area contributed by atoms with Crippen LogP contribution in [0.1, 0.15) is 11.1 Å². The Morgan fingerprint density at radius 2 is 1.46 bits per heavy atom. The Morgan fingerprint density at radius 3 is 2.38 bits per heavy atom. The van der Waals surface area contributed by atoms with Gasteiger partial charge in [-0.05, 0) is 77.4 Å². The molecule has 0 amide bonds. The number of hydrogen-bond donors (Lipinski definition) is 2. The van der Waals surface area contributed by atoms with Crippen molar-refractivity contribution < 1.29 is 0 Å². The first-order valence-electron chi connectivity index (χ1n) is 12.9. The van der Waals surface area contributed by atoms with E-state index in [4.69, 9.17) is 0 Å². The highest BCUT2D eigenvalue weighted by Gasteiger charge is 2.26. The van der Waals surface area contributed by atoms with Gasteiger partial charge in [-0.25, -0.2) is 0 Å². The maximum atomic E-state index is 3.60. The highest BCUT2D eigenvalue weighted by atomic mass is 15.0. The van der Waals surface area contributed by atoms with Gasteiger partial charge in [0.05, 0.1) is 28.3 Å². The monoisotopic (exact) mass is 475 g/mol. The molecule has 3 heterocycles. The summed E-state index contributed by atoms with van der Waals surface area (Å²) in [6, 6.07) is 39.7. The van der Waals surface area contributed by atoms with Crippen LogP contribution in [0, 0.1) is 0 Å². The maximum Gasteiger partial charge on any atom is 0.0624 e. The molecule has 0 bridgehead atoms. The van der Waals surface area contributed by atoms with Crippen LogP contribution in [0.15, 0.2) is 115 Å². The van der Waals surface area contributed by atoms with Gasteiger partial charge >= 0.3 is 0 Å². The van der Waals surface area contributed by atoms with Gasteiger partial charge in [-0.15, -0.1) is 0 Å². The zero-order valence-corrected chi connectivity index (χ0v) is 20.3. The van der Waals surface area contributed by atoms with Crippen LogP contribution in [0.25, 0.3) is 61.3 Å². The molecule has 0 atom stereocenters. The van der Waals surface area contributed by atoms with Crippen molar-refractivity contribution in [1.82, 2.24) is 14.5 Å². The van der Waals surface area contributed by atoms with Gasteiger partial charge in [0.25, 0.3) is 0 Å². The summed E-state index contributed by atoms with van der Waals surface area (Å²) in [6.07, 6.45) is 4.05. The van der Waals surface area contributed by atoms with Gasteiger partial charge in [0, 0.05) is 28.2 Å². The second-order valence-corrected chi connectivity index (χ2v) is 9.92. The van der Waals surface area contributed by atoms with Gasteiger partial charge in [-0.1, -0.05) is 66.7 Å². The number of aryl methyl sites for hydroxylation is 2. The van der Waals surface area contributed by atoms with Crippen LogP contribution in [0.3, 0.4) is 0 Å². The Hall–Kier alpha value is -4.76. The first kappa shape index (κ1) is 20.4. The molecule has 3 aromatic heterocycles. The number of fused-ring (bicyclic) bond motifs is 6. The van der Waals surface area contributed by atoms with E-state index in [0.29, 0.717) is 0 Å². The average molecular weight is 476 g/mol. The molecule has 4 aromatic carbocycles. The van der Waals surface area contributed by atoms with Crippen LogP contribution in [-0.4, -0.2) is 14.5 Å². The highest BCUT2D eigenvalue weighted by Crippen LogP contribution is 2.44. The normalized spacial score (nSPS) is 12.6. The predicted octanol–water partition coefficient (Wildman–Crippen LogP) is 8.54. The first-order chi connectivity index (χ1) is 18.3. The second kappa shape index (κ2) is 7.87. The zero-order chi connectivity index (χ0) is 24.3. The third-order valence-electron chi connectivity index (χ3n) is 7.88. The van der Waals surface area contributed by atoms with Gasteiger partial charge in [0.2, 0.25) is 0 Å². The third kappa shape index (κ3) is 3.07. The van der Waals surface area contributed by atoms with E-state index in [2.05, 4.69) is 118 Å². The molecule has 176 valence electrons. The molecule has 8 rings (SSSR count). The Kier molecular flexibility index (Phi) is 4.35. The van der Waals surface area contributed by atoms with Crippen LogP contribution < -0.4 is 0 Å². The van der Waals surface area contributed by atoms with Gasteiger partial charge in [-0.3, -0.25) is 0 Å². The Bertz CT molecular complexity index is 1930. The van der Waals surface area contributed by atoms with Crippen LogP contribution in [-0.2, 0) is 12.8 Å². The molecule has 3 nitrogen and oxygen atoms in total. The lowest BCUT2D eigenvalue weighted by Crippen LogP contribution is -2.07. The van der Waals surface area contributed by atoms with E-state index in [9.17, 15) is 0 Å². The fraction of sp³-hybridized carbons (Fsp3) is 0.0588. The Balaban J connectivity index is 1.34. The molecule has 1 aliphatic rings. The highest BCUT2D eigenvalue weighted by molar-refractivity contribution is 5.99. The quantitative estimate of drug-likeness (QED) is 0.257. The zero-order valence-electron chi connectivity index (χ0n) is 20.3. The molecule has 0 radical (unpaired) electrons. The van der Waals surface area contributed by atoms with Crippen molar-refractivity contribution in [2.45, 2.75) is 12.8 Å². The van der Waals surface area contributed by atoms with Crippen molar-refractivity contribution in [3.05, 3.63) is 127 Å². The van der Waals surface area contributed by atoms with Gasteiger partial charge in [0.15, 0.2) is 0 Å². The summed E-state index contributed by atoms with van der Waals surface area (Å²) in [7, 11) is 0. The third-order valence-corrected chi connectivity index (χ3v) is 7.88. The topological polar surface area (TPSA) is 36.5 Å². The van der Waals surface area contributed by atoms with E-state index in [1.54, 1.807) is 0 Å². The molecule has 0 fully saturated rings. The summed E-state index contributed by atoms with van der Waals surface area (Å²) in [5.41, 5.74) is 12.6. The first-order valence-corrected chi connectivity index (χ1v) is 12.9. The molecular formula is C34H25N3. The van der Waals surface area contributed by atoms with E-state index in [1.807, 2.05) is 12.3 Å². The number of benzene rings is 4. The fourth-order valence-electron chi connectivity index (χ4n) is 6.17. The molecule has 0 saturated carbocycles. The van der Waals surface area contributed by atoms with Crippen molar-refractivity contribution >= 4 is 21.7 Å². The summed E-state index contributed by atoms with van der Waals surface area (Å²) in [5.74, 6) is 0. The van der Waals surface area contributed by atoms with Crippen molar-refractivity contribution in [3.8, 4) is 39.6 Å². The standard InChI is InChI=1S/C34H25N3/c1-2-9-25-22(7-1)8-5-13-32(25)37-33-12-4-3-10-27(33)28-17-14-23-21-24(15-16-26(23)34(28)37)29-18-19-31(36-29)30-11-6-20-35-30/h1-13,15-16,18-21,35-36H,14,17H2. The molecule has 37 heavy (non-hydrogen) atoms. The lowest BCUT2D eigenvalue weighted by atomic mass is 9.87. The maximum absolute atomic E-state index is 3.60. The lowest BCUT2D eigenvalue weighted by molar-refractivity contribution is 0.935. The van der Waals surface area contributed by atoms with Gasteiger partial charge < -0.3 is 14.5 Å². The van der Waals surface area contributed by atoms with Crippen LogP contribution in [0.2, 0.25) is 0 Å². The van der Waals surface area contributed by atoms with Gasteiger partial charge in [0.1, 0.15) is 0 Å². The number of hydrogen-bond acceptors (Lipinski definition) is 0. The number of aromatic amines is 2. The van der Waals surface area contributed by atoms with Crippen LogP contribution >= 0.6 is 0 Å². The van der Waals surface area contributed by atoms with E-state index in [-0.39, 0.29) is 0 Å². The number of para-hydroxylation sites is 1. The molecule has 0 spiro atoms. The number of nitrogens with one attached hydrogen (secondary N) is 2. The summed E-state index contributed by atoms with van der Waals surface area (Å²) >= 11 is 0. The summed E-state index contributed by atoms with van der Waals surface area (Å²) < 4.78 is 2.50. The summed E-state index contributed by atoms with van der Waals surface area (Å²) in [5, 5.41) is 3.91. The van der Waals surface area contributed by atoms with Gasteiger partial charge in [-0.2, -0.15) is 0 Å². The minimum absolute atomic E-state index is 1.04. The second-order valence-electron chi connectivity index (χ2n) is 9.92. The molecule has 0 aliphatic heterocycles. The molecule has 2 N–H and O–H groups in total. The number of aromatic nitrogens is 3. The van der Waals surface area contributed by atoms with Crippen molar-refractivity contribution in [2.24, 2.45) is 0 Å². The molecular weight excluding hydrogens is 450 g/mol. The molecule has 0 saturated heterocycles. The minimum atomic E-state index is 1.04. The number of nitrogens with zero attached hydrogens (tertiary/aromatic N) is 1. The molecule has 7 aromatic rings. The molecule has 1 aliphatic carbocycles. The van der Waals surface area contributed by atoms with E-state index >= 15 is 0 Å². The van der Waals surface area contributed by atoms with Crippen molar-refractivity contribution in [2.75, 3.05) is 0 Å². The lowest BCUT2D eigenvalue weighted by Gasteiger charge is -2.22. The SMILES string of the molecule is c1c[nH]c(-c2ccc(-c3ccc4c(c3)CCc3c-4n(-c4cccc5ccccc45)c4ccccc34)[nH]2)c1. The van der Waals surface area contributed by atoms with E-state index in [1.165, 1.54) is 55.3 Å². The van der Waals surface area contributed by atoms with E-state index in [0.717, 1.165) is 29.9 Å². The average Bonchev–Trinajstić information content (AvgIpc) is 3.72. The molecule has 0 unspecified atom stereocenters. The smallest absolute Gasteiger partial charge is 0.0624 e. The Morgan fingerprint density at radius 1 is 0.622 bits per heavy atom. The number of H-pyrrole nitrogens is 2. The predicted molar refractivity (Wildman–Crippen MR) is 153 cm³/mol. The van der Waals surface area contributed by atoms with Crippen LogP contribution in [0.5, 0.6) is 0 Å². The van der Waals surface area contributed by atoms with Crippen molar-refractivity contribution in [3.63, 3.8) is 0 Å². The molecule has 3 heteroatoms. The van der Waals surface area contributed by atoms with E-state index < -0.39 is 0 Å². The van der Waals surface area contributed by atoms with Crippen LogP contribution in [0.4, 0.5) is 0 Å². The fourth-order valence-corrected chi connectivity index (χ4v) is 6.17. The minimum Gasteiger partial charge on any atom is -0.360 e.